The minimum atomic E-state index is 0.213. The van der Waals surface area contributed by atoms with Crippen LogP contribution in [0.2, 0.25) is 0 Å². The highest BCUT2D eigenvalue weighted by Gasteiger charge is 2.40. The van der Waals surface area contributed by atoms with Gasteiger partial charge >= 0.3 is 0 Å². The topological polar surface area (TPSA) is 53.3 Å². The number of nitriles is 1. The molecule has 3 unspecified atom stereocenters. The molecule has 0 spiro atoms. The maximum Gasteiger partial charge on any atom is 0.222 e. The average molecular weight is 264 g/mol. The van der Waals surface area contributed by atoms with Crippen LogP contribution in [0.25, 0.3) is 0 Å². The molecule has 2 rings (SSSR count). The van der Waals surface area contributed by atoms with Crippen molar-refractivity contribution in [3.63, 3.8) is 0 Å². The van der Waals surface area contributed by atoms with Crippen molar-refractivity contribution in [3.05, 3.63) is 0 Å². The van der Waals surface area contributed by atoms with E-state index >= 15 is 0 Å². The number of ether oxygens (including phenoxy) is 1. The Balaban J connectivity index is 1.82. The molecule has 2 saturated carbocycles. The summed E-state index contributed by atoms with van der Waals surface area (Å²) in [5, 5.41) is 8.67. The molecule has 106 valence electrons. The lowest BCUT2D eigenvalue weighted by atomic mass is 9.86. The van der Waals surface area contributed by atoms with Crippen LogP contribution in [0.5, 0.6) is 0 Å². The third-order valence-corrected chi connectivity index (χ3v) is 4.73. The van der Waals surface area contributed by atoms with Crippen molar-refractivity contribution in [1.82, 2.24) is 4.90 Å². The SMILES string of the molecule is COCCN(CCC#N)C(=O)CC1CC2CCC1C2. The van der Waals surface area contributed by atoms with Gasteiger partial charge in [-0.1, -0.05) is 6.42 Å². The first-order chi connectivity index (χ1) is 9.24. The Morgan fingerprint density at radius 1 is 1.37 bits per heavy atom. The average Bonchev–Trinajstić information content (AvgIpc) is 3.01. The Morgan fingerprint density at radius 2 is 2.21 bits per heavy atom. The fourth-order valence-corrected chi connectivity index (χ4v) is 3.73. The Morgan fingerprint density at radius 3 is 2.79 bits per heavy atom. The Bertz CT molecular complexity index is 351. The number of carbonyl (C=O) groups is 1. The maximum absolute atomic E-state index is 12.3. The zero-order chi connectivity index (χ0) is 13.7. The summed E-state index contributed by atoms with van der Waals surface area (Å²) in [6.45, 7) is 1.70. The molecule has 0 aromatic heterocycles. The molecule has 0 aliphatic heterocycles. The van der Waals surface area contributed by atoms with Gasteiger partial charge in [-0.05, 0) is 37.0 Å². The lowest BCUT2D eigenvalue weighted by molar-refractivity contribution is -0.133. The van der Waals surface area contributed by atoms with E-state index in [9.17, 15) is 4.79 Å². The highest BCUT2D eigenvalue weighted by molar-refractivity contribution is 5.76. The molecule has 2 aliphatic rings. The smallest absolute Gasteiger partial charge is 0.222 e. The van der Waals surface area contributed by atoms with Gasteiger partial charge in [0.2, 0.25) is 5.91 Å². The third-order valence-electron chi connectivity index (χ3n) is 4.73. The predicted molar refractivity (Wildman–Crippen MR) is 72.2 cm³/mol. The van der Waals surface area contributed by atoms with Gasteiger partial charge < -0.3 is 9.64 Å². The maximum atomic E-state index is 12.3. The largest absolute Gasteiger partial charge is 0.383 e. The van der Waals surface area contributed by atoms with E-state index in [2.05, 4.69) is 6.07 Å². The Hall–Kier alpha value is -1.08. The molecule has 2 aliphatic carbocycles. The first kappa shape index (κ1) is 14.3. The fraction of sp³-hybridized carbons (Fsp3) is 0.867. The second kappa shape index (κ2) is 6.91. The van der Waals surface area contributed by atoms with Gasteiger partial charge in [-0.25, -0.2) is 0 Å². The van der Waals surface area contributed by atoms with Gasteiger partial charge in [0.25, 0.3) is 0 Å². The van der Waals surface area contributed by atoms with Gasteiger partial charge in [0.05, 0.1) is 19.1 Å². The summed E-state index contributed by atoms with van der Waals surface area (Å²) in [7, 11) is 1.64. The van der Waals surface area contributed by atoms with Crippen LogP contribution in [0.15, 0.2) is 0 Å². The van der Waals surface area contributed by atoms with E-state index in [1.54, 1.807) is 12.0 Å². The molecule has 0 aromatic carbocycles. The minimum Gasteiger partial charge on any atom is -0.383 e. The van der Waals surface area contributed by atoms with Crippen molar-refractivity contribution in [2.24, 2.45) is 17.8 Å². The zero-order valence-corrected chi connectivity index (χ0v) is 11.8. The molecule has 1 amide bonds. The van der Waals surface area contributed by atoms with E-state index in [1.807, 2.05) is 0 Å². The number of carbonyl (C=O) groups excluding carboxylic acids is 1. The second-order valence-corrected chi connectivity index (χ2v) is 5.92. The minimum absolute atomic E-state index is 0.213. The summed E-state index contributed by atoms with van der Waals surface area (Å²) in [4.78, 5) is 14.2. The third kappa shape index (κ3) is 3.70. The highest BCUT2D eigenvalue weighted by Crippen LogP contribution is 2.49. The summed E-state index contributed by atoms with van der Waals surface area (Å²) in [5.41, 5.74) is 0. The number of fused-ring (bicyclic) bond motifs is 2. The first-order valence-corrected chi connectivity index (χ1v) is 7.38. The van der Waals surface area contributed by atoms with Gasteiger partial charge in [0.15, 0.2) is 0 Å². The number of nitrogens with zero attached hydrogens (tertiary/aromatic N) is 2. The predicted octanol–water partition coefficient (Wildman–Crippen LogP) is 2.20. The molecule has 0 radical (unpaired) electrons. The summed E-state index contributed by atoms with van der Waals surface area (Å²) >= 11 is 0. The zero-order valence-electron chi connectivity index (χ0n) is 11.8. The van der Waals surface area contributed by atoms with Crippen LogP contribution in [0.1, 0.15) is 38.5 Å². The number of hydrogen-bond acceptors (Lipinski definition) is 3. The number of methoxy groups -OCH3 is 1. The van der Waals surface area contributed by atoms with Gasteiger partial charge in [-0.3, -0.25) is 4.79 Å². The second-order valence-electron chi connectivity index (χ2n) is 5.92. The quantitative estimate of drug-likeness (QED) is 0.708. The number of amides is 1. The summed E-state index contributed by atoms with van der Waals surface area (Å²) in [6, 6.07) is 2.12. The molecule has 0 aromatic rings. The number of rotatable bonds is 7. The molecule has 2 fully saturated rings. The van der Waals surface area contributed by atoms with E-state index in [0.29, 0.717) is 38.5 Å². The van der Waals surface area contributed by atoms with Crippen molar-refractivity contribution in [1.29, 1.82) is 5.26 Å². The molecule has 0 heterocycles. The van der Waals surface area contributed by atoms with Crippen LogP contribution in [0, 0.1) is 29.1 Å². The first-order valence-electron chi connectivity index (χ1n) is 7.38. The molecule has 2 bridgehead atoms. The van der Waals surface area contributed by atoms with Crippen molar-refractivity contribution < 1.29 is 9.53 Å². The van der Waals surface area contributed by atoms with Crippen LogP contribution in [0.3, 0.4) is 0 Å². The van der Waals surface area contributed by atoms with Gasteiger partial charge in [0.1, 0.15) is 0 Å². The van der Waals surface area contributed by atoms with Gasteiger partial charge in [-0.2, -0.15) is 5.26 Å². The highest BCUT2D eigenvalue weighted by atomic mass is 16.5. The lowest BCUT2D eigenvalue weighted by Gasteiger charge is -2.26. The van der Waals surface area contributed by atoms with Crippen molar-refractivity contribution in [2.45, 2.75) is 38.5 Å². The van der Waals surface area contributed by atoms with E-state index in [4.69, 9.17) is 10.00 Å². The van der Waals surface area contributed by atoms with Crippen LogP contribution >= 0.6 is 0 Å². The fourth-order valence-electron chi connectivity index (χ4n) is 3.73. The van der Waals surface area contributed by atoms with Crippen LogP contribution < -0.4 is 0 Å². The standard InChI is InChI=1S/C15H24N2O2/c1-19-8-7-17(6-2-5-16)15(18)11-14-10-12-3-4-13(14)9-12/h12-14H,2-4,6-11H2,1H3. The molecule has 0 saturated heterocycles. The Kier molecular flexibility index (Phi) is 5.21. The molecular weight excluding hydrogens is 240 g/mol. The van der Waals surface area contributed by atoms with Gasteiger partial charge in [-0.15, -0.1) is 0 Å². The van der Waals surface area contributed by atoms with Crippen molar-refractivity contribution in [2.75, 3.05) is 26.8 Å². The van der Waals surface area contributed by atoms with E-state index in [0.717, 1.165) is 11.8 Å². The van der Waals surface area contributed by atoms with Gasteiger partial charge in [0, 0.05) is 26.6 Å². The summed E-state index contributed by atoms with van der Waals surface area (Å²) < 4.78 is 5.04. The summed E-state index contributed by atoms with van der Waals surface area (Å²) in [6.07, 6.45) is 6.36. The number of hydrogen-bond donors (Lipinski definition) is 0. The molecule has 19 heavy (non-hydrogen) atoms. The summed E-state index contributed by atoms with van der Waals surface area (Å²) in [5.74, 6) is 2.48. The molecule has 4 nitrogen and oxygen atoms in total. The van der Waals surface area contributed by atoms with E-state index < -0.39 is 0 Å². The van der Waals surface area contributed by atoms with E-state index in [-0.39, 0.29) is 5.91 Å². The monoisotopic (exact) mass is 264 g/mol. The van der Waals surface area contributed by atoms with Crippen molar-refractivity contribution >= 4 is 5.91 Å². The normalized spacial score (nSPS) is 28.3. The molecule has 3 atom stereocenters. The van der Waals surface area contributed by atoms with E-state index in [1.165, 1.54) is 25.7 Å². The van der Waals surface area contributed by atoms with Crippen LogP contribution in [-0.2, 0) is 9.53 Å². The van der Waals surface area contributed by atoms with Crippen molar-refractivity contribution in [3.8, 4) is 6.07 Å². The van der Waals surface area contributed by atoms with Crippen LogP contribution in [-0.4, -0.2) is 37.6 Å². The molecule has 4 heteroatoms. The molecular formula is C15H24N2O2. The van der Waals surface area contributed by atoms with Crippen LogP contribution in [0.4, 0.5) is 0 Å². The lowest BCUT2D eigenvalue weighted by Crippen LogP contribution is -2.36. The Labute approximate surface area is 115 Å². The molecule has 0 N–H and O–H groups in total.